The molecule has 0 radical (unpaired) electrons. The molecule has 0 heterocycles. The van der Waals surface area contributed by atoms with Crippen molar-refractivity contribution in [2.45, 2.75) is 44.6 Å². The van der Waals surface area contributed by atoms with Gasteiger partial charge in [-0.25, -0.2) is 0 Å². The van der Waals surface area contributed by atoms with Gasteiger partial charge < -0.3 is 9.84 Å². The van der Waals surface area contributed by atoms with Gasteiger partial charge in [0, 0.05) is 5.92 Å². The van der Waals surface area contributed by atoms with Crippen LogP contribution in [0, 0.1) is 0 Å². The summed E-state index contributed by atoms with van der Waals surface area (Å²) in [6, 6.07) is 6.23. The summed E-state index contributed by atoms with van der Waals surface area (Å²) in [6.45, 7) is 2.12. The van der Waals surface area contributed by atoms with Crippen molar-refractivity contribution in [3.8, 4) is 5.75 Å². The van der Waals surface area contributed by atoms with Crippen LogP contribution in [0.1, 0.15) is 43.2 Å². The summed E-state index contributed by atoms with van der Waals surface area (Å²) in [4.78, 5) is 0. The van der Waals surface area contributed by atoms with E-state index in [1.807, 2.05) is 6.07 Å². The number of fused-ring (bicyclic) bond motifs is 1. The van der Waals surface area contributed by atoms with E-state index >= 15 is 0 Å². The van der Waals surface area contributed by atoms with Crippen LogP contribution in [-0.4, -0.2) is 18.3 Å². The molecule has 1 aliphatic carbocycles. The molecule has 0 bridgehead atoms. The Kier molecular flexibility index (Phi) is 3.49. The first-order chi connectivity index (χ1) is 7.76. The van der Waals surface area contributed by atoms with E-state index < -0.39 is 0 Å². The number of aryl methyl sites for hydroxylation is 1. The number of ether oxygens (including phenoxy) is 1. The van der Waals surface area contributed by atoms with Crippen molar-refractivity contribution >= 4 is 0 Å². The standard InChI is InChI=1S/C14H20O2/c1-3-4-14(15)12-8-6-10-5-7-11(16-2)9-13(10)12/h5,7,9,12,14-15H,3-4,6,8H2,1-2H3. The summed E-state index contributed by atoms with van der Waals surface area (Å²) in [5.41, 5.74) is 2.67. The maximum atomic E-state index is 10.1. The molecule has 0 aliphatic heterocycles. The van der Waals surface area contributed by atoms with E-state index in [1.165, 1.54) is 11.1 Å². The summed E-state index contributed by atoms with van der Waals surface area (Å²) in [5, 5.41) is 10.1. The Morgan fingerprint density at radius 3 is 3.00 bits per heavy atom. The van der Waals surface area contributed by atoms with Crippen molar-refractivity contribution in [1.82, 2.24) is 0 Å². The summed E-state index contributed by atoms with van der Waals surface area (Å²) in [6.07, 6.45) is 3.89. The Morgan fingerprint density at radius 1 is 1.50 bits per heavy atom. The van der Waals surface area contributed by atoms with E-state index in [-0.39, 0.29) is 6.10 Å². The molecule has 2 nitrogen and oxygen atoms in total. The fourth-order valence-corrected chi connectivity index (χ4v) is 2.64. The SMILES string of the molecule is CCCC(O)C1CCc2ccc(OC)cc21. The number of benzene rings is 1. The molecule has 0 spiro atoms. The molecule has 1 aromatic rings. The quantitative estimate of drug-likeness (QED) is 0.845. The maximum Gasteiger partial charge on any atom is 0.119 e. The number of hydrogen-bond donors (Lipinski definition) is 1. The predicted molar refractivity (Wildman–Crippen MR) is 65.0 cm³/mol. The van der Waals surface area contributed by atoms with Crippen LogP contribution >= 0.6 is 0 Å². The lowest BCUT2D eigenvalue weighted by Crippen LogP contribution is -2.15. The second kappa shape index (κ2) is 4.88. The molecule has 1 N–H and O–H groups in total. The summed E-state index contributed by atoms with van der Waals surface area (Å²) in [5.74, 6) is 1.21. The third-order valence-electron chi connectivity index (χ3n) is 3.53. The Hall–Kier alpha value is -1.02. The van der Waals surface area contributed by atoms with Crippen molar-refractivity contribution < 1.29 is 9.84 Å². The molecule has 2 heteroatoms. The number of hydrogen-bond acceptors (Lipinski definition) is 2. The third kappa shape index (κ3) is 2.07. The molecule has 16 heavy (non-hydrogen) atoms. The first kappa shape index (κ1) is 11.5. The zero-order valence-electron chi connectivity index (χ0n) is 10.1. The van der Waals surface area contributed by atoms with Crippen LogP contribution in [0.3, 0.4) is 0 Å². The number of aliphatic hydroxyl groups is 1. The van der Waals surface area contributed by atoms with Gasteiger partial charge in [0.15, 0.2) is 0 Å². The van der Waals surface area contributed by atoms with Gasteiger partial charge in [-0.3, -0.25) is 0 Å². The lowest BCUT2D eigenvalue weighted by molar-refractivity contribution is 0.132. The van der Waals surface area contributed by atoms with Gasteiger partial charge in [-0.05, 0) is 42.5 Å². The van der Waals surface area contributed by atoms with Crippen molar-refractivity contribution in [2.24, 2.45) is 0 Å². The number of rotatable bonds is 4. The predicted octanol–water partition coefficient (Wildman–Crippen LogP) is 2.89. The van der Waals surface area contributed by atoms with Crippen LogP contribution in [-0.2, 0) is 6.42 Å². The first-order valence-electron chi connectivity index (χ1n) is 6.11. The van der Waals surface area contributed by atoms with E-state index in [0.717, 1.165) is 31.4 Å². The van der Waals surface area contributed by atoms with Gasteiger partial charge in [-0.15, -0.1) is 0 Å². The van der Waals surface area contributed by atoms with Crippen molar-refractivity contribution in [2.75, 3.05) is 7.11 Å². The second-order valence-corrected chi connectivity index (χ2v) is 4.57. The minimum absolute atomic E-state index is 0.196. The Labute approximate surface area is 97.3 Å². The van der Waals surface area contributed by atoms with E-state index in [0.29, 0.717) is 5.92 Å². The Bertz CT molecular complexity index is 360. The highest BCUT2D eigenvalue weighted by molar-refractivity contribution is 5.41. The summed E-state index contributed by atoms with van der Waals surface area (Å²) < 4.78 is 5.25. The lowest BCUT2D eigenvalue weighted by Gasteiger charge is -2.18. The molecule has 0 saturated heterocycles. The third-order valence-corrected chi connectivity index (χ3v) is 3.53. The topological polar surface area (TPSA) is 29.5 Å². The van der Waals surface area contributed by atoms with Gasteiger partial charge in [-0.2, -0.15) is 0 Å². The lowest BCUT2D eigenvalue weighted by atomic mass is 9.92. The summed E-state index contributed by atoms with van der Waals surface area (Å²) >= 11 is 0. The fourth-order valence-electron chi connectivity index (χ4n) is 2.64. The minimum atomic E-state index is -0.196. The highest BCUT2D eigenvalue weighted by Crippen LogP contribution is 2.38. The van der Waals surface area contributed by atoms with Crippen molar-refractivity contribution in [1.29, 1.82) is 0 Å². The Balaban J connectivity index is 2.23. The smallest absolute Gasteiger partial charge is 0.119 e. The summed E-state index contributed by atoms with van der Waals surface area (Å²) in [7, 11) is 1.69. The highest BCUT2D eigenvalue weighted by atomic mass is 16.5. The van der Waals surface area contributed by atoms with E-state index in [4.69, 9.17) is 4.74 Å². The van der Waals surface area contributed by atoms with Crippen LogP contribution in [0.2, 0.25) is 0 Å². The van der Waals surface area contributed by atoms with Crippen LogP contribution in [0.5, 0.6) is 5.75 Å². The zero-order chi connectivity index (χ0) is 11.5. The largest absolute Gasteiger partial charge is 0.497 e. The van der Waals surface area contributed by atoms with Crippen LogP contribution < -0.4 is 4.74 Å². The average molecular weight is 220 g/mol. The molecule has 0 fully saturated rings. The molecule has 1 aromatic carbocycles. The number of aliphatic hydroxyl groups excluding tert-OH is 1. The monoisotopic (exact) mass is 220 g/mol. The molecule has 0 aromatic heterocycles. The van der Waals surface area contributed by atoms with E-state index in [1.54, 1.807) is 7.11 Å². The van der Waals surface area contributed by atoms with Gasteiger partial charge in [0.2, 0.25) is 0 Å². The normalized spacial score (nSPS) is 20.6. The highest BCUT2D eigenvalue weighted by Gasteiger charge is 2.28. The van der Waals surface area contributed by atoms with Crippen LogP contribution in [0.25, 0.3) is 0 Å². The molecule has 2 rings (SSSR count). The molecule has 88 valence electrons. The van der Waals surface area contributed by atoms with Gasteiger partial charge in [0.25, 0.3) is 0 Å². The van der Waals surface area contributed by atoms with E-state index in [2.05, 4.69) is 19.1 Å². The molecule has 2 unspecified atom stereocenters. The molecular formula is C14H20O2. The van der Waals surface area contributed by atoms with Gasteiger partial charge in [0.05, 0.1) is 13.2 Å². The number of methoxy groups -OCH3 is 1. The molecule has 0 amide bonds. The maximum absolute atomic E-state index is 10.1. The average Bonchev–Trinajstić information content (AvgIpc) is 2.71. The van der Waals surface area contributed by atoms with Gasteiger partial charge >= 0.3 is 0 Å². The first-order valence-corrected chi connectivity index (χ1v) is 6.11. The zero-order valence-corrected chi connectivity index (χ0v) is 10.1. The molecular weight excluding hydrogens is 200 g/mol. The fraction of sp³-hybridized carbons (Fsp3) is 0.571. The van der Waals surface area contributed by atoms with Crippen molar-refractivity contribution in [3.63, 3.8) is 0 Å². The molecule has 2 atom stereocenters. The molecule has 1 aliphatic rings. The van der Waals surface area contributed by atoms with Crippen LogP contribution in [0.15, 0.2) is 18.2 Å². The molecule has 0 saturated carbocycles. The van der Waals surface area contributed by atoms with Gasteiger partial charge in [-0.1, -0.05) is 19.4 Å². The second-order valence-electron chi connectivity index (χ2n) is 4.57. The van der Waals surface area contributed by atoms with E-state index in [9.17, 15) is 5.11 Å². The van der Waals surface area contributed by atoms with Crippen LogP contribution in [0.4, 0.5) is 0 Å². The van der Waals surface area contributed by atoms with Crippen molar-refractivity contribution in [3.05, 3.63) is 29.3 Å². The Morgan fingerprint density at radius 2 is 2.31 bits per heavy atom. The minimum Gasteiger partial charge on any atom is -0.497 e. The van der Waals surface area contributed by atoms with Gasteiger partial charge in [0.1, 0.15) is 5.75 Å².